The Hall–Kier alpha value is -0.910. The van der Waals surface area contributed by atoms with Gasteiger partial charge in [-0.05, 0) is 25.7 Å². The second kappa shape index (κ2) is 6.90. The van der Waals surface area contributed by atoms with Crippen LogP contribution < -0.4 is 0 Å². The smallest absolute Gasteiger partial charge is 0.0736 e. The first-order valence-electron chi connectivity index (χ1n) is 8.15. The molecule has 0 aromatic carbocycles. The number of fused-ring (bicyclic) bond motifs is 1. The van der Waals surface area contributed by atoms with Crippen LogP contribution in [0.5, 0.6) is 0 Å². The third-order valence-corrected chi connectivity index (χ3v) is 4.68. The molecular weight excluding hydrogens is 266 g/mol. The maximum absolute atomic E-state index is 5.47. The molecule has 1 aromatic heterocycles. The zero-order valence-corrected chi connectivity index (χ0v) is 13.3. The first-order valence-corrected chi connectivity index (χ1v) is 8.15. The summed E-state index contributed by atoms with van der Waals surface area (Å²) < 4.78 is 13.0. The van der Waals surface area contributed by atoms with Crippen molar-refractivity contribution >= 4 is 0 Å². The zero-order valence-electron chi connectivity index (χ0n) is 13.3. The van der Waals surface area contributed by atoms with E-state index in [9.17, 15) is 0 Å². The van der Waals surface area contributed by atoms with E-state index < -0.39 is 0 Å². The minimum atomic E-state index is 0.409. The van der Waals surface area contributed by atoms with E-state index in [1.54, 1.807) is 7.11 Å². The summed E-state index contributed by atoms with van der Waals surface area (Å²) in [5.74, 6) is 1.19. The summed E-state index contributed by atoms with van der Waals surface area (Å²) in [5.41, 5.74) is 2.64. The Labute approximate surface area is 127 Å². The molecule has 1 saturated heterocycles. The second-order valence-electron chi connectivity index (χ2n) is 6.30. The van der Waals surface area contributed by atoms with Crippen LogP contribution in [0.3, 0.4) is 0 Å². The maximum atomic E-state index is 5.47. The summed E-state index contributed by atoms with van der Waals surface area (Å²) in [6.07, 6.45) is 4.62. The fourth-order valence-electron chi connectivity index (χ4n) is 3.57. The second-order valence-corrected chi connectivity index (χ2v) is 6.30. The molecule has 0 saturated carbocycles. The van der Waals surface area contributed by atoms with Crippen LogP contribution in [0.1, 0.15) is 36.9 Å². The molecule has 2 aliphatic heterocycles. The van der Waals surface area contributed by atoms with Gasteiger partial charge in [-0.1, -0.05) is 0 Å². The standard InChI is InChI=1S/C16H27N3O2/c1-3-19-11-14-9-18(8-13-4-6-21-7-5-13)10-15(12-20-2)16(14)17-19/h11,13,15H,3-10,12H2,1-2H3/t15-/m1/s1. The van der Waals surface area contributed by atoms with Gasteiger partial charge >= 0.3 is 0 Å². The lowest BCUT2D eigenvalue weighted by Gasteiger charge is -2.35. The van der Waals surface area contributed by atoms with Gasteiger partial charge in [-0.3, -0.25) is 9.58 Å². The number of aromatic nitrogens is 2. The number of nitrogens with zero attached hydrogens (tertiary/aromatic N) is 3. The molecule has 1 aromatic rings. The van der Waals surface area contributed by atoms with Gasteiger partial charge < -0.3 is 9.47 Å². The Balaban J connectivity index is 1.70. The van der Waals surface area contributed by atoms with E-state index in [2.05, 4.69) is 22.7 Å². The number of hydrogen-bond donors (Lipinski definition) is 0. The number of methoxy groups -OCH3 is 1. The Morgan fingerprint density at radius 1 is 1.38 bits per heavy atom. The highest BCUT2D eigenvalue weighted by Gasteiger charge is 2.30. The lowest BCUT2D eigenvalue weighted by atomic mass is 9.94. The lowest BCUT2D eigenvalue weighted by molar-refractivity contribution is 0.0461. The summed E-state index contributed by atoms with van der Waals surface area (Å²) in [4.78, 5) is 2.59. The van der Waals surface area contributed by atoms with Gasteiger partial charge in [0.2, 0.25) is 0 Å². The molecule has 3 rings (SSSR count). The summed E-state index contributed by atoms with van der Waals surface area (Å²) in [5, 5.41) is 4.74. The molecule has 5 heteroatoms. The Morgan fingerprint density at radius 3 is 2.90 bits per heavy atom. The molecule has 21 heavy (non-hydrogen) atoms. The SMILES string of the molecule is CCn1cc2c(n1)[C@@H](COC)CN(CC1CCOCC1)C2. The van der Waals surface area contributed by atoms with E-state index in [4.69, 9.17) is 14.6 Å². The summed E-state index contributed by atoms with van der Waals surface area (Å²) in [6.45, 7) is 8.98. The fraction of sp³-hybridized carbons (Fsp3) is 0.812. The minimum absolute atomic E-state index is 0.409. The van der Waals surface area contributed by atoms with Gasteiger partial charge in [0.15, 0.2) is 0 Å². The molecule has 2 aliphatic rings. The molecule has 0 N–H and O–H groups in total. The van der Waals surface area contributed by atoms with Crippen molar-refractivity contribution in [2.75, 3.05) is 40.0 Å². The van der Waals surface area contributed by atoms with E-state index in [0.29, 0.717) is 5.92 Å². The van der Waals surface area contributed by atoms with Crippen LogP contribution in [0.15, 0.2) is 6.20 Å². The molecule has 0 amide bonds. The van der Waals surface area contributed by atoms with Crippen molar-refractivity contribution in [3.63, 3.8) is 0 Å². The van der Waals surface area contributed by atoms with E-state index in [-0.39, 0.29) is 0 Å². The van der Waals surface area contributed by atoms with Crippen molar-refractivity contribution in [3.05, 3.63) is 17.5 Å². The van der Waals surface area contributed by atoms with Gasteiger partial charge in [-0.2, -0.15) is 5.10 Å². The third-order valence-electron chi connectivity index (χ3n) is 4.68. The molecular formula is C16H27N3O2. The van der Waals surface area contributed by atoms with Gasteiger partial charge in [0.05, 0.1) is 12.3 Å². The van der Waals surface area contributed by atoms with Gasteiger partial charge in [0, 0.05) is 64.2 Å². The van der Waals surface area contributed by atoms with Crippen LogP contribution in [-0.4, -0.2) is 54.7 Å². The average Bonchev–Trinajstić information content (AvgIpc) is 2.92. The predicted octanol–water partition coefficient (Wildman–Crippen LogP) is 1.88. The van der Waals surface area contributed by atoms with Gasteiger partial charge in [0.25, 0.3) is 0 Å². The van der Waals surface area contributed by atoms with Crippen LogP contribution >= 0.6 is 0 Å². The van der Waals surface area contributed by atoms with Gasteiger partial charge in [-0.15, -0.1) is 0 Å². The van der Waals surface area contributed by atoms with Crippen molar-refractivity contribution in [2.24, 2.45) is 5.92 Å². The van der Waals surface area contributed by atoms with E-state index in [1.807, 2.05) is 0 Å². The van der Waals surface area contributed by atoms with Crippen molar-refractivity contribution in [2.45, 2.75) is 38.8 Å². The Kier molecular flexibility index (Phi) is 4.93. The zero-order chi connectivity index (χ0) is 14.7. The molecule has 0 spiro atoms. The molecule has 0 bridgehead atoms. The predicted molar refractivity (Wildman–Crippen MR) is 81.3 cm³/mol. The maximum Gasteiger partial charge on any atom is 0.0736 e. The summed E-state index contributed by atoms with van der Waals surface area (Å²) >= 11 is 0. The van der Waals surface area contributed by atoms with Crippen molar-refractivity contribution in [3.8, 4) is 0 Å². The van der Waals surface area contributed by atoms with Crippen molar-refractivity contribution in [1.82, 2.24) is 14.7 Å². The van der Waals surface area contributed by atoms with E-state index in [1.165, 1.54) is 30.6 Å². The molecule has 3 heterocycles. The first kappa shape index (κ1) is 15.0. The Morgan fingerprint density at radius 2 is 2.19 bits per heavy atom. The normalized spacial score (nSPS) is 24.2. The van der Waals surface area contributed by atoms with Gasteiger partial charge in [-0.25, -0.2) is 0 Å². The largest absolute Gasteiger partial charge is 0.384 e. The fourth-order valence-corrected chi connectivity index (χ4v) is 3.57. The number of rotatable bonds is 5. The average molecular weight is 293 g/mol. The number of aryl methyl sites for hydroxylation is 1. The molecule has 118 valence electrons. The quantitative estimate of drug-likeness (QED) is 0.831. The van der Waals surface area contributed by atoms with Crippen LogP contribution in [-0.2, 0) is 22.6 Å². The van der Waals surface area contributed by atoms with Crippen LogP contribution in [0.4, 0.5) is 0 Å². The van der Waals surface area contributed by atoms with Crippen molar-refractivity contribution < 1.29 is 9.47 Å². The molecule has 0 aliphatic carbocycles. The highest BCUT2D eigenvalue weighted by atomic mass is 16.5. The Bertz CT molecular complexity index is 454. The van der Waals surface area contributed by atoms with Crippen LogP contribution in [0, 0.1) is 5.92 Å². The highest BCUT2D eigenvalue weighted by molar-refractivity contribution is 5.24. The van der Waals surface area contributed by atoms with Crippen LogP contribution in [0.25, 0.3) is 0 Å². The number of hydrogen-bond acceptors (Lipinski definition) is 4. The molecule has 1 atom stereocenters. The minimum Gasteiger partial charge on any atom is -0.384 e. The third kappa shape index (κ3) is 3.47. The van der Waals surface area contributed by atoms with E-state index in [0.717, 1.165) is 45.4 Å². The molecule has 0 unspecified atom stereocenters. The highest BCUT2D eigenvalue weighted by Crippen LogP contribution is 2.29. The topological polar surface area (TPSA) is 39.5 Å². The molecule has 1 fully saturated rings. The first-order chi connectivity index (χ1) is 10.3. The lowest BCUT2D eigenvalue weighted by Crippen LogP contribution is -2.39. The monoisotopic (exact) mass is 293 g/mol. The number of ether oxygens (including phenoxy) is 2. The molecule has 5 nitrogen and oxygen atoms in total. The van der Waals surface area contributed by atoms with Crippen molar-refractivity contribution in [1.29, 1.82) is 0 Å². The molecule has 0 radical (unpaired) electrons. The summed E-state index contributed by atoms with van der Waals surface area (Å²) in [6, 6.07) is 0. The summed E-state index contributed by atoms with van der Waals surface area (Å²) in [7, 11) is 1.79. The van der Waals surface area contributed by atoms with E-state index >= 15 is 0 Å². The van der Waals surface area contributed by atoms with Crippen LogP contribution in [0.2, 0.25) is 0 Å². The van der Waals surface area contributed by atoms with Gasteiger partial charge in [0.1, 0.15) is 0 Å².